The summed E-state index contributed by atoms with van der Waals surface area (Å²) < 4.78 is 16.2. The largest absolute Gasteiger partial charge is 0.485 e. The Labute approximate surface area is 159 Å². The number of para-hydroxylation sites is 2. The minimum absolute atomic E-state index is 0.0373. The Morgan fingerprint density at radius 3 is 2.65 bits per heavy atom. The Balaban J connectivity index is 1.45. The Hall–Kier alpha value is -2.64. The summed E-state index contributed by atoms with van der Waals surface area (Å²) in [4.78, 5) is 23.9. The SMILES string of the molecule is O=C(COc1ccc(Cl)cc1Cl)NNC(=O)[C@@H]1COc2ccccc2O1. The van der Waals surface area contributed by atoms with Crippen LogP contribution in [0.3, 0.4) is 0 Å². The molecule has 0 fully saturated rings. The first kappa shape index (κ1) is 18.2. The number of hydrogen-bond acceptors (Lipinski definition) is 5. The summed E-state index contributed by atoms with van der Waals surface area (Å²) >= 11 is 11.7. The molecule has 1 aliphatic heterocycles. The highest BCUT2D eigenvalue weighted by Gasteiger charge is 2.27. The summed E-state index contributed by atoms with van der Waals surface area (Å²) in [5, 5.41) is 0.732. The van der Waals surface area contributed by atoms with Gasteiger partial charge in [0.25, 0.3) is 11.8 Å². The van der Waals surface area contributed by atoms with Crippen LogP contribution in [0.15, 0.2) is 42.5 Å². The lowest BCUT2D eigenvalue weighted by molar-refractivity contribution is -0.135. The fraction of sp³-hybridized carbons (Fsp3) is 0.176. The molecule has 2 amide bonds. The van der Waals surface area contributed by atoms with Crippen LogP contribution < -0.4 is 25.1 Å². The van der Waals surface area contributed by atoms with Crippen LogP contribution in [0.1, 0.15) is 0 Å². The van der Waals surface area contributed by atoms with Gasteiger partial charge in [-0.15, -0.1) is 0 Å². The zero-order valence-corrected chi connectivity index (χ0v) is 14.8. The molecule has 1 aliphatic rings. The third-order valence-electron chi connectivity index (χ3n) is 3.38. The zero-order valence-electron chi connectivity index (χ0n) is 13.3. The first-order chi connectivity index (χ1) is 12.5. The van der Waals surface area contributed by atoms with Gasteiger partial charge in [-0.3, -0.25) is 20.4 Å². The Bertz CT molecular complexity index is 831. The van der Waals surface area contributed by atoms with Gasteiger partial charge in [0.15, 0.2) is 18.1 Å². The molecule has 0 radical (unpaired) electrons. The van der Waals surface area contributed by atoms with Crippen molar-refractivity contribution in [3.8, 4) is 17.2 Å². The summed E-state index contributed by atoms with van der Waals surface area (Å²) in [5.41, 5.74) is 4.50. The number of halogens is 2. The number of amides is 2. The number of benzene rings is 2. The molecule has 9 heteroatoms. The van der Waals surface area contributed by atoms with Crippen LogP contribution in [0.4, 0.5) is 0 Å². The van der Waals surface area contributed by atoms with Crippen molar-refractivity contribution in [2.75, 3.05) is 13.2 Å². The Morgan fingerprint density at radius 2 is 1.88 bits per heavy atom. The second-order valence-corrected chi connectivity index (χ2v) is 6.11. The first-order valence-corrected chi connectivity index (χ1v) is 8.33. The van der Waals surface area contributed by atoms with E-state index in [0.29, 0.717) is 22.3 Å². The van der Waals surface area contributed by atoms with E-state index in [2.05, 4.69) is 10.9 Å². The summed E-state index contributed by atoms with van der Waals surface area (Å²) in [5.74, 6) is 0.219. The molecule has 0 aromatic heterocycles. The Morgan fingerprint density at radius 1 is 1.12 bits per heavy atom. The van der Waals surface area contributed by atoms with Gasteiger partial charge in [-0.25, -0.2) is 0 Å². The van der Waals surface area contributed by atoms with Gasteiger partial charge in [-0.05, 0) is 30.3 Å². The van der Waals surface area contributed by atoms with Gasteiger partial charge in [-0.1, -0.05) is 35.3 Å². The molecule has 0 saturated carbocycles. The van der Waals surface area contributed by atoms with Crippen LogP contribution in [0.25, 0.3) is 0 Å². The second-order valence-electron chi connectivity index (χ2n) is 5.27. The van der Waals surface area contributed by atoms with E-state index in [1.165, 1.54) is 6.07 Å². The molecule has 2 N–H and O–H groups in total. The van der Waals surface area contributed by atoms with Crippen molar-refractivity contribution in [1.29, 1.82) is 0 Å². The molecular weight excluding hydrogens is 383 g/mol. The predicted molar refractivity (Wildman–Crippen MR) is 94.6 cm³/mol. The van der Waals surface area contributed by atoms with Gasteiger partial charge in [-0.2, -0.15) is 0 Å². The maximum Gasteiger partial charge on any atom is 0.283 e. The number of rotatable bonds is 4. The van der Waals surface area contributed by atoms with Crippen molar-refractivity contribution in [1.82, 2.24) is 10.9 Å². The number of carbonyl (C=O) groups excluding carboxylic acids is 2. The monoisotopic (exact) mass is 396 g/mol. The molecule has 26 heavy (non-hydrogen) atoms. The molecule has 1 heterocycles. The van der Waals surface area contributed by atoms with Crippen molar-refractivity contribution < 1.29 is 23.8 Å². The minimum Gasteiger partial charge on any atom is -0.485 e. The maximum atomic E-state index is 12.1. The standard InChI is InChI=1S/C17H14Cl2N2O5/c18-10-5-6-12(11(19)7-10)25-9-16(22)20-21-17(23)15-8-24-13-3-1-2-4-14(13)26-15/h1-7,15H,8-9H2,(H,20,22)(H,21,23)/t15-/m0/s1. The zero-order chi connectivity index (χ0) is 18.5. The van der Waals surface area contributed by atoms with Crippen LogP contribution in [-0.4, -0.2) is 31.1 Å². The third kappa shape index (κ3) is 4.50. The molecule has 0 saturated heterocycles. The Kier molecular flexibility index (Phi) is 5.70. The molecule has 2 aromatic carbocycles. The van der Waals surface area contributed by atoms with Crippen molar-refractivity contribution in [3.63, 3.8) is 0 Å². The highest BCUT2D eigenvalue weighted by atomic mass is 35.5. The van der Waals surface area contributed by atoms with E-state index in [0.717, 1.165) is 0 Å². The molecule has 0 spiro atoms. The fourth-order valence-corrected chi connectivity index (χ4v) is 2.60. The number of hydrazine groups is 1. The van der Waals surface area contributed by atoms with Crippen molar-refractivity contribution in [3.05, 3.63) is 52.5 Å². The van der Waals surface area contributed by atoms with Gasteiger partial charge in [0.1, 0.15) is 12.4 Å². The number of hydrogen-bond donors (Lipinski definition) is 2. The van der Waals surface area contributed by atoms with E-state index < -0.39 is 17.9 Å². The van der Waals surface area contributed by atoms with Crippen molar-refractivity contribution in [2.45, 2.75) is 6.10 Å². The molecule has 3 rings (SSSR count). The van der Waals surface area contributed by atoms with Crippen LogP contribution in [0.2, 0.25) is 10.0 Å². The topological polar surface area (TPSA) is 85.9 Å². The van der Waals surface area contributed by atoms with E-state index in [1.807, 2.05) is 0 Å². The summed E-state index contributed by atoms with van der Waals surface area (Å²) in [6, 6.07) is 11.6. The smallest absolute Gasteiger partial charge is 0.283 e. The molecule has 7 nitrogen and oxygen atoms in total. The highest BCUT2D eigenvalue weighted by Crippen LogP contribution is 2.30. The van der Waals surface area contributed by atoms with E-state index in [4.69, 9.17) is 37.4 Å². The van der Waals surface area contributed by atoms with Gasteiger partial charge in [0.2, 0.25) is 6.10 Å². The van der Waals surface area contributed by atoms with E-state index in [-0.39, 0.29) is 18.2 Å². The predicted octanol–water partition coefficient (Wildman–Crippen LogP) is 2.36. The molecule has 2 aromatic rings. The lowest BCUT2D eigenvalue weighted by Gasteiger charge is -2.25. The van der Waals surface area contributed by atoms with Gasteiger partial charge in [0, 0.05) is 5.02 Å². The molecule has 0 aliphatic carbocycles. The van der Waals surface area contributed by atoms with Gasteiger partial charge in [0.05, 0.1) is 5.02 Å². The van der Waals surface area contributed by atoms with Crippen LogP contribution >= 0.6 is 23.2 Å². The summed E-state index contributed by atoms with van der Waals surface area (Å²) in [6.07, 6.45) is -0.878. The van der Waals surface area contributed by atoms with Crippen LogP contribution in [-0.2, 0) is 9.59 Å². The summed E-state index contributed by atoms with van der Waals surface area (Å²) in [7, 11) is 0. The quantitative estimate of drug-likeness (QED) is 0.774. The number of ether oxygens (including phenoxy) is 3. The molecule has 0 unspecified atom stereocenters. The van der Waals surface area contributed by atoms with E-state index in [9.17, 15) is 9.59 Å². The fourth-order valence-electron chi connectivity index (χ4n) is 2.13. The van der Waals surface area contributed by atoms with Crippen LogP contribution in [0.5, 0.6) is 17.2 Å². The van der Waals surface area contributed by atoms with Gasteiger partial charge < -0.3 is 14.2 Å². The average Bonchev–Trinajstić information content (AvgIpc) is 2.65. The van der Waals surface area contributed by atoms with Crippen molar-refractivity contribution >= 4 is 35.0 Å². The molecule has 136 valence electrons. The maximum absolute atomic E-state index is 12.1. The normalized spacial score (nSPS) is 15.1. The second kappa shape index (κ2) is 8.16. The molecule has 0 bridgehead atoms. The number of nitrogens with one attached hydrogen (secondary N) is 2. The lowest BCUT2D eigenvalue weighted by Crippen LogP contribution is -2.51. The summed E-state index contributed by atoms with van der Waals surface area (Å²) in [6.45, 7) is -0.303. The van der Waals surface area contributed by atoms with Gasteiger partial charge >= 0.3 is 0 Å². The van der Waals surface area contributed by atoms with E-state index >= 15 is 0 Å². The molecular formula is C17H14Cl2N2O5. The van der Waals surface area contributed by atoms with Crippen molar-refractivity contribution in [2.24, 2.45) is 0 Å². The first-order valence-electron chi connectivity index (χ1n) is 7.58. The lowest BCUT2D eigenvalue weighted by atomic mass is 10.2. The van der Waals surface area contributed by atoms with E-state index in [1.54, 1.807) is 36.4 Å². The van der Waals surface area contributed by atoms with Crippen LogP contribution in [0, 0.1) is 0 Å². The number of carbonyl (C=O) groups is 2. The third-order valence-corrected chi connectivity index (χ3v) is 3.91. The minimum atomic E-state index is -0.878. The molecule has 1 atom stereocenters. The average molecular weight is 397 g/mol. The number of fused-ring (bicyclic) bond motifs is 1. The highest BCUT2D eigenvalue weighted by molar-refractivity contribution is 6.35.